The first-order chi connectivity index (χ1) is 12.7. The van der Waals surface area contributed by atoms with Crippen LogP contribution in [0.25, 0.3) is 10.9 Å². The third-order valence-corrected chi connectivity index (χ3v) is 5.82. The van der Waals surface area contributed by atoms with E-state index in [1.807, 2.05) is 6.07 Å². The third kappa shape index (κ3) is 4.42. The van der Waals surface area contributed by atoms with Crippen LogP contribution in [-0.4, -0.2) is 50.3 Å². The van der Waals surface area contributed by atoms with Crippen LogP contribution in [0.1, 0.15) is 36.9 Å². The molecule has 0 radical (unpaired) electrons. The number of anilines is 1. The minimum atomic E-state index is 0. The average Bonchev–Trinajstić information content (AvgIpc) is 3.03. The van der Waals surface area contributed by atoms with E-state index in [1.54, 1.807) is 14.2 Å². The molecular formula is C21H31Cl2N3O2. The maximum absolute atomic E-state index is 5.56. The number of rotatable bonds is 4. The zero-order valence-corrected chi connectivity index (χ0v) is 18.5. The van der Waals surface area contributed by atoms with Crippen molar-refractivity contribution in [3.8, 4) is 11.5 Å². The first-order valence-electron chi connectivity index (χ1n) is 9.72. The molecule has 1 saturated heterocycles. The fourth-order valence-corrected chi connectivity index (χ4v) is 4.34. The molecule has 1 atom stereocenters. The molecule has 0 saturated carbocycles. The van der Waals surface area contributed by atoms with Crippen molar-refractivity contribution in [1.29, 1.82) is 0 Å². The van der Waals surface area contributed by atoms with Crippen molar-refractivity contribution in [3.63, 3.8) is 0 Å². The van der Waals surface area contributed by atoms with Crippen LogP contribution in [0, 0.1) is 0 Å². The van der Waals surface area contributed by atoms with Crippen molar-refractivity contribution in [3.05, 3.63) is 23.4 Å². The summed E-state index contributed by atoms with van der Waals surface area (Å²) in [4.78, 5) is 7.38. The Hall–Kier alpha value is -1.43. The number of aryl methyl sites for hydroxylation is 1. The Morgan fingerprint density at radius 2 is 1.75 bits per heavy atom. The molecule has 4 rings (SSSR count). The van der Waals surface area contributed by atoms with Crippen LogP contribution >= 0.6 is 24.8 Å². The number of pyridine rings is 1. The molecule has 5 nitrogen and oxygen atoms in total. The number of hydrogen-bond acceptors (Lipinski definition) is 5. The van der Waals surface area contributed by atoms with E-state index in [1.165, 1.54) is 49.2 Å². The predicted molar refractivity (Wildman–Crippen MR) is 120 cm³/mol. The van der Waals surface area contributed by atoms with Gasteiger partial charge < -0.3 is 19.7 Å². The van der Waals surface area contributed by atoms with E-state index >= 15 is 0 Å². The van der Waals surface area contributed by atoms with Gasteiger partial charge in [-0.2, -0.15) is 0 Å². The molecule has 2 aromatic rings. The molecule has 1 aliphatic heterocycles. The van der Waals surface area contributed by atoms with E-state index in [0.29, 0.717) is 6.04 Å². The number of likely N-dealkylation sites (tertiary alicyclic amines) is 1. The summed E-state index contributed by atoms with van der Waals surface area (Å²) in [6, 6.07) is 4.62. The predicted octanol–water partition coefficient (Wildman–Crippen LogP) is 4.48. The third-order valence-electron chi connectivity index (χ3n) is 5.82. The van der Waals surface area contributed by atoms with Gasteiger partial charge in [-0.25, -0.2) is 0 Å². The number of halogens is 2. The number of aromatic nitrogens is 1. The van der Waals surface area contributed by atoms with Crippen LogP contribution in [0.5, 0.6) is 11.5 Å². The van der Waals surface area contributed by atoms with E-state index in [2.05, 4.69) is 23.3 Å². The summed E-state index contributed by atoms with van der Waals surface area (Å²) in [6.45, 7) is 2.35. The Labute approximate surface area is 180 Å². The van der Waals surface area contributed by atoms with Crippen molar-refractivity contribution < 1.29 is 9.47 Å². The standard InChI is InChI=1S/C21H29N3O2.2ClH/c1-24-10-5-6-14(9-11-24)22-21-15-7-4-8-17(15)23-18-13-20(26-3)19(25-2)12-16(18)21;;/h12-14H,4-11H2,1-3H3,(H,22,23);2*1H/t14-;;/m1../s1. The van der Waals surface area contributed by atoms with Gasteiger partial charge in [0, 0.05) is 28.9 Å². The van der Waals surface area contributed by atoms with E-state index in [9.17, 15) is 0 Å². The highest BCUT2D eigenvalue weighted by Crippen LogP contribution is 2.40. The molecule has 1 N–H and O–H groups in total. The van der Waals surface area contributed by atoms with Gasteiger partial charge in [0.2, 0.25) is 0 Å². The highest BCUT2D eigenvalue weighted by Gasteiger charge is 2.24. The molecule has 2 aliphatic rings. The summed E-state index contributed by atoms with van der Waals surface area (Å²) >= 11 is 0. The molecular weight excluding hydrogens is 397 g/mol. The van der Waals surface area contributed by atoms with Crippen molar-refractivity contribution in [2.75, 3.05) is 39.7 Å². The Balaban J connectivity index is 0.00000140. The normalized spacial score (nSPS) is 19.2. The van der Waals surface area contributed by atoms with Gasteiger partial charge in [-0.3, -0.25) is 4.98 Å². The van der Waals surface area contributed by atoms with Crippen LogP contribution in [-0.2, 0) is 12.8 Å². The number of methoxy groups -OCH3 is 2. The van der Waals surface area contributed by atoms with Gasteiger partial charge in [0.05, 0.1) is 19.7 Å². The van der Waals surface area contributed by atoms with Gasteiger partial charge in [-0.05, 0) is 70.3 Å². The fraction of sp³-hybridized carbons (Fsp3) is 0.571. The van der Waals surface area contributed by atoms with Crippen LogP contribution in [0.15, 0.2) is 12.1 Å². The molecule has 1 fully saturated rings. The summed E-state index contributed by atoms with van der Waals surface area (Å²) < 4.78 is 11.0. The zero-order valence-electron chi connectivity index (χ0n) is 16.9. The van der Waals surface area contributed by atoms with Crippen LogP contribution < -0.4 is 14.8 Å². The highest BCUT2D eigenvalue weighted by molar-refractivity contribution is 5.96. The molecule has 2 heterocycles. The maximum Gasteiger partial charge on any atom is 0.162 e. The fourth-order valence-electron chi connectivity index (χ4n) is 4.34. The van der Waals surface area contributed by atoms with Gasteiger partial charge in [-0.1, -0.05) is 0 Å². The highest BCUT2D eigenvalue weighted by atomic mass is 35.5. The first kappa shape index (κ1) is 22.9. The molecule has 0 unspecified atom stereocenters. The Morgan fingerprint density at radius 1 is 1.00 bits per heavy atom. The Kier molecular flexibility index (Phi) is 8.05. The molecule has 0 bridgehead atoms. The molecule has 1 aliphatic carbocycles. The molecule has 1 aromatic carbocycles. The second-order valence-corrected chi connectivity index (χ2v) is 7.57. The number of nitrogens with one attached hydrogen (secondary N) is 1. The van der Waals surface area contributed by atoms with Crippen LogP contribution in [0.4, 0.5) is 5.69 Å². The smallest absolute Gasteiger partial charge is 0.162 e. The second-order valence-electron chi connectivity index (χ2n) is 7.57. The van der Waals surface area contributed by atoms with Crippen molar-refractivity contribution >= 4 is 41.4 Å². The van der Waals surface area contributed by atoms with E-state index in [-0.39, 0.29) is 24.8 Å². The zero-order chi connectivity index (χ0) is 18.1. The van der Waals surface area contributed by atoms with E-state index < -0.39 is 0 Å². The molecule has 1 aromatic heterocycles. The van der Waals surface area contributed by atoms with Crippen LogP contribution in [0.2, 0.25) is 0 Å². The quantitative estimate of drug-likeness (QED) is 0.778. The lowest BCUT2D eigenvalue weighted by molar-refractivity contribution is 0.348. The molecule has 28 heavy (non-hydrogen) atoms. The summed E-state index contributed by atoms with van der Waals surface area (Å²) in [5.74, 6) is 1.51. The number of nitrogens with zero attached hydrogens (tertiary/aromatic N) is 2. The molecule has 7 heteroatoms. The van der Waals surface area contributed by atoms with Gasteiger partial charge in [0.1, 0.15) is 0 Å². The van der Waals surface area contributed by atoms with E-state index in [0.717, 1.165) is 41.8 Å². The average molecular weight is 428 g/mol. The van der Waals surface area contributed by atoms with Crippen molar-refractivity contribution in [2.45, 2.75) is 44.6 Å². The Morgan fingerprint density at radius 3 is 2.50 bits per heavy atom. The molecule has 0 amide bonds. The number of fused-ring (bicyclic) bond motifs is 2. The summed E-state index contributed by atoms with van der Waals surface area (Å²) in [6.07, 6.45) is 7.02. The maximum atomic E-state index is 5.56. The number of ether oxygens (including phenoxy) is 2. The number of hydrogen-bond donors (Lipinski definition) is 1. The number of benzene rings is 1. The van der Waals surface area contributed by atoms with Gasteiger partial charge in [0.15, 0.2) is 11.5 Å². The molecule has 0 spiro atoms. The minimum absolute atomic E-state index is 0. The lowest BCUT2D eigenvalue weighted by Crippen LogP contribution is -2.23. The second kappa shape index (κ2) is 9.86. The minimum Gasteiger partial charge on any atom is -0.493 e. The largest absolute Gasteiger partial charge is 0.493 e. The Bertz CT molecular complexity index is 816. The monoisotopic (exact) mass is 427 g/mol. The lowest BCUT2D eigenvalue weighted by atomic mass is 10.0. The molecule has 156 valence electrons. The summed E-state index contributed by atoms with van der Waals surface area (Å²) in [7, 11) is 5.59. The lowest BCUT2D eigenvalue weighted by Gasteiger charge is -2.22. The van der Waals surface area contributed by atoms with E-state index in [4.69, 9.17) is 14.5 Å². The summed E-state index contributed by atoms with van der Waals surface area (Å²) in [5, 5.41) is 5.06. The van der Waals surface area contributed by atoms with Gasteiger partial charge in [0.25, 0.3) is 0 Å². The summed E-state index contributed by atoms with van der Waals surface area (Å²) in [5.41, 5.74) is 4.93. The van der Waals surface area contributed by atoms with Gasteiger partial charge in [-0.15, -0.1) is 24.8 Å². The van der Waals surface area contributed by atoms with Crippen LogP contribution in [0.3, 0.4) is 0 Å². The van der Waals surface area contributed by atoms with Gasteiger partial charge >= 0.3 is 0 Å². The SMILES string of the molecule is COc1cc2nc3c(c(N[C@@H]4CCCN(C)CC4)c2cc1OC)CCC3.Cl.Cl. The van der Waals surface area contributed by atoms with Crippen molar-refractivity contribution in [1.82, 2.24) is 9.88 Å². The first-order valence-corrected chi connectivity index (χ1v) is 9.72. The topological polar surface area (TPSA) is 46.6 Å². The van der Waals surface area contributed by atoms with Crippen molar-refractivity contribution in [2.24, 2.45) is 0 Å².